The maximum atomic E-state index is 13.3. The Morgan fingerprint density at radius 1 is 1.33 bits per heavy atom. The van der Waals surface area contributed by atoms with Gasteiger partial charge in [-0.3, -0.25) is 0 Å². The molecule has 0 amide bonds. The largest absolute Gasteiger partial charge is 0.493 e. The Kier molecular flexibility index (Phi) is 4.09. The minimum absolute atomic E-state index is 0.276. The summed E-state index contributed by atoms with van der Waals surface area (Å²) in [5.74, 6) is 0.855. The molecule has 1 rings (SSSR count). The lowest BCUT2D eigenvalue weighted by molar-refractivity contribution is 0.270. The Hall–Kier alpha value is -1.09. The molecule has 1 aromatic rings. The van der Waals surface area contributed by atoms with Crippen LogP contribution < -0.4 is 10.5 Å². The monoisotopic (exact) mass is 211 g/mol. The van der Waals surface area contributed by atoms with Crippen molar-refractivity contribution in [3.05, 3.63) is 29.6 Å². The summed E-state index contributed by atoms with van der Waals surface area (Å²) in [6.45, 7) is 6.51. The molecular weight excluding hydrogens is 193 g/mol. The summed E-state index contributed by atoms with van der Waals surface area (Å²) >= 11 is 0. The van der Waals surface area contributed by atoms with Gasteiger partial charge < -0.3 is 10.5 Å². The zero-order valence-corrected chi connectivity index (χ0v) is 9.46. The summed E-state index contributed by atoms with van der Waals surface area (Å²) in [4.78, 5) is 0. The Labute approximate surface area is 90.2 Å². The van der Waals surface area contributed by atoms with Gasteiger partial charge in [-0.1, -0.05) is 13.8 Å². The molecule has 0 aliphatic rings. The first-order valence-electron chi connectivity index (χ1n) is 5.18. The van der Waals surface area contributed by atoms with Crippen LogP contribution in [0, 0.1) is 11.7 Å². The molecule has 2 nitrogen and oxygen atoms in total. The standard InChI is InChI=1S/C12H18FNO/c1-8(2)7-15-10-4-5-12(13)11(6-10)9(3)14/h4-6,8-9H,7,14H2,1-3H3. The Bertz CT molecular complexity index is 323. The van der Waals surface area contributed by atoms with E-state index in [0.29, 0.717) is 23.8 Å². The molecule has 2 N–H and O–H groups in total. The highest BCUT2D eigenvalue weighted by molar-refractivity contribution is 5.31. The normalized spacial score (nSPS) is 12.9. The lowest BCUT2D eigenvalue weighted by Gasteiger charge is -2.12. The second-order valence-corrected chi connectivity index (χ2v) is 4.18. The number of rotatable bonds is 4. The van der Waals surface area contributed by atoms with Crippen LogP contribution in [0.1, 0.15) is 32.4 Å². The van der Waals surface area contributed by atoms with E-state index in [4.69, 9.17) is 10.5 Å². The molecule has 0 fully saturated rings. The molecule has 1 atom stereocenters. The summed E-state index contributed by atoms with van der Waals surface area (Å²) in [5.41, 5.74) is 6.14. The highest BCUT2D eigenvalue weighted by atomic mass is 19.1. The minimum Gasteiger partial charge on any atom is -0.493 e. The van der Waals surface area contributed by atoms with Crippen molar-refractivity contribution in [1.82, 2.24) is 0 Å². The molecule has 84 valence electrons. The summed E-state index contributed by atoms with van der Waals surface area (Å²) in [7, 11) is 0. The number of nitrogens with two attached hydrogens (primary N) is 1. The maximum Gasteiger partial charge on any atom is 0.128 e. The van der Waals surface area contributed by atoms with Crippen LogP contribution in [0.25, 0.3) is 0 Å². The van der Waals surface area contributed by atoms with E-state index in [1.165, 1.54) is 6.07 Å². The van der Waals surface area contributed by atoms with Gasteiger partial charge in [-0.15, -0.1) is 0 Å². The highest BCUT2D eigenvalue weighted by Crippen LogP contribution is 2.21. The molecule has 0 bridgehead atoms. The molecule has 0 saturated carbocycles. The predicted molar refractivity (Wildman–Crippen MR) is 59.3 cm³/mol. The predicted octanol–water partition coefficient (Wildman–Crippen LogP) is 2.88. The fraction of sp³-hybridized carbons (Fsp3) is 0.500. The van der Waals surface area contributed by atoms with Crippen LogP contribution in [-0.4, -0.2) is 6.61 Å². The first kappa shape index (κ1) is 12.0. The van der Waals surface area contributed by atoms with Crippen LogP contribution in [0.15, 0.2) is 18.2 Å². The molecule has 0 heterocycles. The van der Waals surface area contributed by atoms with Gasteiger partial charge >= 0.3 is 0 Å². The van der Waals surface area contributed by atoms with Gasteiger partial charge in [-0.05, 0) is 31.0 Å². The molecule has 0 aliphatic carbocycles. The summed E-state index contributed by atoms with van der Waals surface area (Å²) < 4.78 is 18.8. The zero-order valence-electron chi connectivity index (χ0n) is 9.46. The van der Waals surface area contributed by atoms with Crippen molar-refractivity contribution in [1.29, 1.82) is 0 Å². The van der Waals surface area contributed by atoms with Crippen molar-refractivity contribution in [2.24, 2.45) is 11.7 Å². The third-order valence-electron chi connectivity index (χ3n) is 2.04. The van der Waals surface area contributed by atoms with Crippen molar-refractivity contribution in [2.75, 3.05) is 6.61 Å². The van der Waals surface area contributed by atoms with Gasteiger partial charge in [-0.2, -0.15) is 0 Å². The second-order valence-electron chi connectivity index (χ2n) is 4.18. The number of ether oxygens (including phenoxy) is 1. The third kappa shape index (κ3) is 3.51. The van der Waals surface area contributed by atoms with Crippen LogP contribution in [0.2, 0.25) is 0 Å². The van der Waals surface area contributed by atoms with Crippen molar-refractivity contribution in [3.8, 4) is 5.75 Å². The van der Waals surface area contributed by atoms with E-state index in [2.05, 4.69) is 13.8 Å². The van der Waals surface area contributed by atoms with Crippen LogP contribution in [0.5, 0.6) is 5.75 Å². The van der Waals surface area contributed by atoms with E-state index >= 15 is 0 Å². The molecule has 0 radical (unpaired) electrons. The number of hydrogen-bond acceptors (Lipinski definition) is 2. The molecule has 0 saturated heterocycles. The van der Waals surface area contributed by atoms with E-state index in [1.54, 1.807) is 19.1 Å². The molecular formula is C12H18FNO. The van der Waals surface area contributed by atoms with Crippen molar-refractivity contribution < 1.29 is 9.13 Å². The van der Waals surface area contributed by atoms with Crippen molar-refractivity contribution in [2.45, 2.75) is 26.8 Å². The summed E-state index contributed by atoms with van der Waals surface area (Å²) in [6.07, 6.45) is 0. The lowest BCUT2D eigenvalue weighted by Crippen LogP contribution is -2.09. The van der Waals surface area contributed by atoms with Gasteiger partial charge in [0.25, 0.3) is 0 Å². The molecule has 1 unspecified atom stereocenters. The van der Waals surface area contributed by atoms with Gasteiger partial charge in [0.05, 0.1) is 6.61 Å². The number of hydrogen-bond donors (Lipinski definition) is 1. The zero-order chi connectivity index (χ0) is 11.4. The van der Waals surface area contributed by atoms with Crippen LogP contribution >= 0.6 is 0 Å². The van der Waals surface area contributed by atoms with E-state index in [0.717, 1.165) is 0 Å². The van der Waals surface area contributed by atoms with E-state index in [1.807, 2.05) is 0 Å². The fourth-order valence-corrected chi connectivity index (χ4v) is 1.22. The Balaban J connectivity index is 2.78. The van der Waals surface area contributed by atoms with Crippen LogP contribution in [-0.2, 0) is 0 Å². The van der Waals surface area contributed by atoms with Crippen molar-refractivity contribution in [3.63, 3.8) is 0 Å². The van der Waals surface area contributed by atoms with E-state index < -0.39 is 0 Å². The minimum atomic E-state index is -0.312. The van der Waals surface area contributed by atoms with Crippen LogP contribution in [0.3, 0.4) is 0 Å². The lowest BCUT2D eigenvalue weighted by atomic mass is 10.1. The smallest absolute Gasteiger partial charge is 0.128 e. The number of halogens is 1. The van der Waals surface area contributed by atoms with Crippen molar-refractivity contribution >= 4 is 0 Å². The average molecular weight is 211 g/mol. The fourth-order valence-electron chi connectivity index (χ4n) is 1.22. The molecule has 1 aromatic carbocycles. The quantitative estimate of drug-likeness (QED) is 0.831. The summed E-state index contributed by atoms with van der Waals surface area (Å²) in [6, 6.07) is 4.38. The number of benzene rings is 1. The third-order valence-corrected chi connectivity index (χ3v) is 2.04. The van der Waals surface area contributed by atoms with Gasteiger partial charge in [0, 0.05) is 11.6 Å². The Morgan fingerprint density at radius 3 is 2.53 bits per heavy atom. The SMILES string of the molecule is CC(C)COc1ccc(F)c(C(C)N)c1. The van der Waals surface area contributed by atoms with Gasteiger partial charge in [0.2, 0.25) is 0 Å². The van der Waals surface area contributed by atoms with Gasteiger partial charge in [-0.25, -0.2) is 4.39 Å². The van der Waals surface area contributed by atoms with Gasteiger partial charge in [0.1, 0.15) is 11.6 Å². The highest BCUT2D eigenvalue weighted by Gasteiger charge is 2.08. The summed E-state index contributed by atoms with van der Waals surface area (Å²) in [5, 5.41) is 0. The molecule has 0 spiro atoms. The maximum absolute atomic E-state index is 13.3. The Morgan fingerprint density at radius 2 is 2.00 bits per heavy atom. The van der Waals surface area contributed by atoms with E-state index in [-0.39, 0.29) is 11.9 Å². The first-order chi connectivity index (χ1) is 7.00. The van der Waals surface area contributed by atoms with Gasteiger partial charge in [0.15, 0.2) is 0 Å². The van der Waals surface area contributed by atoms with Crippen LogP contribution in [0.4, 0.5) is 4.39 Å². The average Bonchev–Trinajstić information content (AvgIpc) is 2.16. The second kappa shape index (κ2) is 5.12. The molecule has 0 aliphatic heterocycles. The van der Waals surface area contributed by atoms with E-state index in [9.17, 15) is 4.39 Å². The molecule has 15 heavy (non-hydrogen) atoms. The topological polar surface area (TPSA) is 35.2 Å². The molecule has 3 heteroatoms. The molecule has 0 aromatic heterocycles. The first-order valence-corrected chi connectivity index (χ1v) is 5.18.